The molecular formula is C14H23NO3S. The van der Waals surface area contributed by atoms with Gasteiger partial charge in [0, 0.05) is 6.26 Å². The SMILES string of the molecule is CC(C)CNCCCOc1ccc(S(C)(=O)=O)cc1. The summed E-state index contributed by atoms with van der Waals surface area (Å²) in [6.45, 7) is 6.92. The first-order chi connectivity index (χ1) is 8.89. The predicted molar refractivity (Wildman–Crippen MR) is 77.4 cm³/mol. The third kappa shape index (κ3) is 6.59. The van der Waals surface area contributed by atoms with Crippen molar-refractivity contribution in [3.63, 3.8) is 0 Å². The van der Waals surface area contributed by atoms with Crippen molar-refractivity contribution < 1.29 is 13.2 Å². The first kappa shape index (κ1) is 16.0. The van der Waals surface area contributed by atoms with Crippen LogP contribution in [0, 0.1) is 5.92 Å². The maximum absolute atomic E-state index is 11.3. The lowest BCUT2D eigenvalue weighted by atomic mass is 10.2. The Morgan fingerprint density at radius 2 is 1.84 bits per heavy atom. The highest BCUT2D eigenvalue weighted by Crippen LogP contribution is 2.15. The van der Waals surface area contributed by atoms with Crippen LogP contribution in [0.3, 0.4) is 0 Å². The summed E-state index contributed by atoms with van der Waals surface area (Å²) < 4.78 is 28.1. The molecule has 1 aromatic carbocycles. The van der Waals surface area contributed by atoms with Gasteiger partial charge in [-0.3, -0.25) is 0 Å². The molecule has 0 heterocycles. The molecule has 0 radical (unpaired) electrons. The highest BCUT2D eigenvalue weighted by atomic mass is 32.2. The summed E-state index contributed by atoms with van der Waals surface area (Å²) in [5.74, 6) is 1.36. The number of sulfone groups is 1. The van der Waals surface area contributed by atoms with E-state index in [9.17, 15) is 8.42 Å². The first-order valence-electron chi connectivity index (χ1n) is 6.53. The second kappa shape index (κ2) is 7.50. The van der Waals surface area contributed by atoms with Crippen molar-refractivity contribution in [2.45, 2.75) is 25.2 Å². The van der Waals surface area contributed by atoms with Gasteiger partial charge in [-0.25, -0.2) is 8.42 Å². The van der Waals surface area contributed by atoms with Gasteiger partial charge in [0.25, 0.3) is 0 Å². The standard InChI is InChI=1S/C14H23NO3S/c1-12(2)11-15-9-4-10-18-13-5-7-14(8-6-13)19(3,16)17/h5-8,12,15H,4,9-11H2,1-3H3. The summed E-state index contributed by atoms with van der Waals surface area (Å²) in [4.78, 5) is 0.318. The van der Waals surface area contributed by atoms with Crippen molar-refractivity contribution in [1.29, 1.82) is 0 Å². The van der Waals surface area contributed by atoms with E-state index in [1.165, 1.54) is 6.26 Å². The Bertz CT molecular complexity index is 466. The Balaban J connectivity index is 2.27. The summed E-state index contributed by atoms with van der Waals surface area (Å²) in [6, 6.07) is 6.53. The number of nitrogens with one attached hydrogen (secondary N) is 1. The average Bonchev–Trinajstić information content (AvgIpc) is 2.32. The molecule has 0 aliphatic rings. The normalized spacial score (nSPS) is 11.8. The number of rotatable bonds is 8. The van der Waals surface area contributed by atoms with Crippen LogP contribution in [0.15, 0.2) is 29.2 Å². The van der Waals surface area contributed by atoms with Gasteiger partial charge in [0.15, 0.2) is 9.84 Å². The van der Waals surface area contributed by atoms with Gasteiger partial charge in [0.2, 0.25) is 0 Å². The van der Waals surface area contributed by atoms with E-state index < -0.39 is 9.84 Å². The second-order valence-electron chi connectivity index (χ2n) is 5.04. The van der Waals surface area contributed by atoms with Crippen LogP contribution < -0.4 is 10.1 Å². The highest BCUT2D eigenvalue weighted by Gasteiger charge is 2.06. The van der Waals surface area contributed by atoms with Gasteiger partial charge in [-0.1, -0.05) is 13.8 Å². The lowest BCUT2D eigenvalue weighted by Gasteiger charge is -2.09. The largest absolute Gasteiger partial charge is 0.494 e. The third-order valence-electron chi connectivity index (χ3n) is 2.57. The molecule has 19 heavy (non-hydrogen) atoms. The fraction of sp³-hybridized carbons (Fsp3) is 0.571. The number of ether oxygens (including phenoxy) is 1. The van der Waals surface area contributed by atoms with Gasteiger partial charge in [0.05, 0.1) is 11.5 Å². The minimum Gasteiger partial charge on any atom is -0.494 e. The van der Waals surface area contributed by atoms with Crippen molar-refractivity contribution >= 4 is 9.84 Å². The van der Waals surface area contributed by atoms with Crippen molar-refractivity contribution in [3.05, 3.63) is 24.3 Å². The molecule has 0 atom stereocenters. The van der Waals surface area contributed by atoms with Crippen molar-refractivity contribution in [2.75, 3.05) is 26.0 Å². The van der Waals surface area contributed by atoms with Crippen LogP contribution in [0.1, 0.15) is 20.3 Å². The molecule has 108 valence electrons. The molecule has 5 heteroatoms. The third-order valence-corrected chi connectivity index (χ3v) is 3.70. The lowest BCUT2D eigenvalue weighted by Crippen LogP contribution is -2.22. The van der Waals surface area contributed by atoms with E-state index in [1.54, 1.807) is 24.3 Å². The number of hydrogen-bond acceptors (Lipinski definition) is 4. The van der Waals surface area contributed by atoms with Crippen molar-refractivity contribution in [2.24, 2.45) is 5.92 Å². The average molecular weight is 285 g/mol. The van der Waals surface area contributed by atoms with Gasteiger partial charge in [0.1, 0.15) is 5.75 Å². The molecule has 0 spiro atoms. The van der Waals surface area contributed by atoms with E-state index in [-0.39, 0.29) is 0 Å². The fourth-order valence-corrected chi connectivity index (χ4v) is 2.19. The topological polar surface area (TPSA) is 55.4 Å². The monoisotopic (exact) mass is 285 g/mol. The lowest BCUT2D eigenvalue weighted by molar-refractivity contribution is 0.307. The smallest absolute Gasteiger partial charge is 0.175 e. The van der Waals surface area contributed by atoms with Crippen LogP contribution >= 0.6 is 0 Å². The maximum Gasteiger partial charge on any atom is 0.175 e. The van der Waals surface area contributed by atoms with Gasteiger partial charge in [-0.05, 0) is 49.7 Å². The molecule has 0 aromatic heterocycles. The van der Waals surface area contributed by atoms with Gasteiger partial charge in [-0.15, -0.1) is 0 Å². The summed E-state index contributed by atoms with van der Waals surface area (Å²) in [6.07, 6.45) is 2.13. The predicted octanol–water partition coefficient (Wildman–Crippen LogP) is 2.10. The number of hydrogen-bond donors (Lipinski definition) is 1. The van der Waals surface area contributed by atoms with E-state index in [2.05, 4.69) is 19.2 Å². The zero-order valence-corrected chi connectivity index (χ0v) is 12.7. The summed E-state index contributed by atoms with van der Waals surface area (Å²) in [7, 11) is -3.13. The molecule has 1 aromatic rings. The zero-order valence-electron chi connectivity index (χ0n) is 11.8. The molecule has 0 bridgehead atoms. The first-order valence-corrected chi connectivity index (χ1v) is 8.42. The van der Waals surface area contributed by atoms with Crippen molar-refractivity contribution in [3.8, 4) is 5.75 Å². The van der Waals surface area contributed by atoms with E-state index in [0.717, 1.165) is 19.5 Å². The van der Waals surface area contributed by atoms with Gasteiger partial charge in [-0.2, -0.15) is 0 Å². The van der Waals surface area contributed by atoms with Crippen LogP contribution in [-0.2, 0) is 9.84 Å². The molecular weight excluding hydrogens is 262 g/mol. The molecule has 0 aliphatic carbocycles. The van der Waals surface area contributed by atoms with Crippen LogP contribution in [0.25, 0.3) is 0 Å². The molecule has 0 amide bonds. The maximum atomic E-state index is 11.3. The van der Waals surface area contributed by atoms with Gasteiger partial charge < -0.3 is 10.1 Å². The van der Waals surface area contributed by atoms with Gasteiger partial charge >= 0.3 is 0 Å². The Hall–Kier alpha value is -1.07. The van der Waals surface area contributed by atoms with Crippen LogP contribution in [0.5, 0.6) is 5.75 Å². The summed E-state index contributed by atoms with van der Waals surface area (Å²) >= 11 is 0. The minimum absolute atomic E-state index is 0.318. The van der Waals surface area contributed by atoms with E-state index in [1.807, 2.05) is 0 Å². The molecule has 1 rings (SSSR count). The molecule has 0 saturated carbocycles. The van der Waals surface area contributed by atoms with E-state index >= 15 is 0 Å². The quantitative estimate of drug-likeness (QED) is 0.743. The molecule has 0 fully saturated rings. The molecule has 1 N–H and O–H groups in total. The summed E-state index contributed by atoms with van der Waals surface area (Å²) in [5.41, 5.74) is 0. The van der Waals surface area contributed by atoms with Crippen LogP contribution in [-0.4, -0.2) is 34.4 Å². The molecule has 0 saturated heterocycles. The molecule has 0 unspecified atom stereocenters. The minimum atomic E-state index is -3.13. The van der Waals surface area contributed by atoms with Crippen LogP contribution in [0.4, 0.5) is 0 Å². The fourth-order valence-electron chi connectivity index (χ4n) is 1.56. The molecule has 0 aliphatic heterocycles. The Morgan fingerprint density at radius 1 is 1.21 bits per heavy atom. The Morgan fingerprint density at radius 3 is 2.37 bits per heavy atom. The second-order valence-corrected chi connectivity index (χ2v) is 7.06. The summed E-state index contributed by atoms with van der Waals surface area (Å²) in [5, 5.41) is 3.34. The van der Waals surface area contributed by atoms with Crippen LogP contribution in [0.2, 0.25) is 0 Å². The molecule has 4 nitrogen and oxygen atoms in total. The van der Waals surface area contributed by atoms with E-state index in [4.69, 9.17) is 4.74 Å². The number of benzene rings is 1. The Labute approximate surface area is 116 Å². The zero-order chi connectivity index (χ0) is 14.3. The van der Waals surface area contributed by atoms with Crippen molar-refractivity contribution in [1.82, 2.24) is 5.32 Å². The Kier molecular flexibility index (Phi) is 6.31. The highest BCUT2D eigenvalue weighted by molar-refractivity contribution is 7.90. The van der Waals surface area contributed by atoms with E-state index in [0.29, 0.717) is 23.2 Å².